The van der Waals surface area contributed by atoms with E-state index in [1.807, 2.05) is 12.3 Å². The summed E-state index contributed by atoms with van der Waals surface area (Å²) in [5.41, 5.74) is 10.4. The van der Waals surface area contributed by atoms with E-state index in [-0.39, 0.29) is 6.04 Å². The van der Waals surface area contributed by atoms with E-state index < -0.39 is 0 Å². The van der Waals surface area contributed by atoms with Crippen LogP contribution in [0.1, 0.15) is 36.5 Å². The van der Waals surface area contributed by atoms with Crippen LogP contribution >= 0.6 is 11.8 Å². The maximum atomic E-state index is 6.10. The first-order valence-electron chi connectivity index (χ1n) is 7.75. The Kier molecular flexibility index (Phi) is 4.61. The fourth-order valence-corrected chi connectivity index (χ4v) is 3.78. The molecule has 0 aliphatic heterocycles. The summed E-state index contributed by atoms with van der Waals surface area (Å²) in [5.74, 6) is 0. The van der Waals surface area contributed by atoms with Crippen molar-refractivity contribution in [2.45, 2.75) is 55.0 Å². The van der Waals surface area contributed by atoms with E-state index >= 15 is 0 Å². The molecule has 2 aromatic rings. The third kappa shape index (κ3) is 3.47. The number of nitrogens with zero attached hydrogens (tertiary/aromatic N) is 1. The minimum atomic E-state index is 0.216. The second kappa shape index (κ2) is 6.63. The summed E-state index contributed by atoms with van der Waals surface area (Å²) in [6.45, 7) is 2.13. The summed E-state index contributed by atoms with van der Waals surface area (Å²) in [4.78, 5) is 5.85. The molecule has 1 aliphatic rings. The molecule has 1 atom stereocenters. The normalized spacial score (nSPS) is 15.0. The van der Waals surface area contributed by atoms with Gasteiger partial charge in [-0.1, -0.05) is 30.8 Å². The number of nitrogens with two attached hydrogens (primary N) is 1. The summed E-state index contributed by atoms with van der Waals surface area (Å²) in [6, 6.07) is 11.2. The highest BCUT2D eigenvalue weighted by Gasteiger charge is 2.13. The van der Waals surface area contributed by atoms with Gasteiger partial charge >= 0.3 is 0 Å². The third-order valence-corrected chi connectivity index (χ3v) is 5.19. The van der Waals surface area contributed by atoms with Crippen LogP contribution in [0.25, 0.3) is 0 Å². The van der Waals surface area contributed by atoms with E-state index in [9.17, 15) is 0 Å². The minimum Gasteiger partial charge on any atom is -0.327 e. The summed E-state index contributed by atoms with van der Waals surface area (Å²) < 4.78 is 0. The molecule has 0 fully saturated rings. The van der Waals surface area contributed by atoms with Gasteiger partial charge in [0.15, 0.2) is 0 Å². The van der Waals surface area contributed by atoms with E-state index in [4.69, 9.17) is 5.73 Å². The molecule has 2 nitrogen and oxygen atoms in total. The van der Waals surface area contributed by atoms with Crippen LogP contribution in [0.2, 0.25) is 0 Å². The number of pyridine rings is 1. The number of fused-ring (bicyclic) bond motifs is 1. The molecular weight excluding hydrogens is 276 g/mol. The number of benzene rings is 1. The molecule has 0 radical (unpaired) electrons. The van der Waals surface area contributed by atoms with Crippen LogP contribution in [0.4, 0.5) is 0 Å². The zero-order chi connectivity index (χ0) is 14.7. The van der Waals surface area contributed by atoms with E-state index in [1.54, 1.807) is 11.8 Å². The van der Waals surface area contributed by atoms with Gasteiger partial charge in [0.2, 0.25) is 0 Å². The van der Waals surface area contributed by atoms with Gasteiger partial charge in [0.25, 0.3) is 0 Å². The lowest BCUT2D eigenvalue weighted by molar-refractivity contribution is 0.637. The topological polar surface area (TPSA) is 38.9 Å². The maximum absolute atomic E-state index is 6.10. The molecule has 3 heteroatoms. The standard InChI is InChI=1S/C18H22N2S/c1-2-16(19)11-15-7-4-10-20-18(15)21-17-9-8-13-5-3-6-14(13)12-17/h4,7-10,12,16H,2-3,5-6,11,19H2,1H3. The van der Waals surface area contributed by atoms with Crippen molar-refractivity contribution in [1.82, 2.24) is 4.98 Å². The average molecular weight is 298 g/mol. The second-order valence-corrected chi connectivity index (χ2v) is 6.79. The zero-order valence-corrected chi connectivity index (χ0v) is 13.3. The SMILES string of the molecule is CCC(N)Cc1cccnc1Sc1ccc2c(c1)CCC2. The zero-order valence-electron chi connectivity index (χ0n) is 12.5. The first kappa shape index (κ1) is 14.6. The fraction of sp³-hybridized carbons (Fsp3) is 0.389. The number of hydrogen-bond donors (Lipinski definition) is 1. The van der Waals surface area contributed by atoms with Crippen molar-refractivity contribution in [2.24, 2.45) is 5.73 Å². The highest BCUT2D eigenvalue weighted by Crippen LogP contribution is 2.33. The molecule has 0 amide bonds. The van der Waals surface area contributed by atoms with Crippen molar-refractivity contribution in [3.05, 3.63) is 53.2 Å². The molecule has 1 heterocycles. The van der Waals surface area contributed by atoms with Crippen molar-refractivity contribution >= 4 is 11.8 Å². The highest BCUT2D eigenvalue weighted by molar-refractivity contribution is 7.99. The van der Waals surface area contributed by atoms with E-state index in [1.165, 1.54) is 40.8 Å². The van der Waals surface area contributed by atoms with Crippen molar-refractivity contribution < 1.29 is 0 Å². The van der Waals surface area contributed by atoms with Gasteiger partial charge in [-0.25, -0.2) is 4.98 Å². The van der Waals surface area contributed by atoms with Crippen LogP contribution in [-0.4, -0.2) is 11.0 Å². The summed E-state index contributed by atoms with van der Waals surface area (Å²) in [6.07, 6.45) is 7.52. The van der Waals surface area contributed by atoms with Crippen LogP contribution < -0.4 is 5.73 Å². The Morgan fingerprint density at radius 2 is 2.10 bits per heavy atom. The Morgan fingerprint density at radius 3 is 2.95 bits per heavy atom. The first-order chi connectivity index (χ1) is 10.3. The molecule has 0 bridgehead atoms. The average Bonchev–Trinajstić information content (AvgIpc) is 2.96. The predicted octanol–water partition coefficient (Wildman–Crippen LogP) is 4.00. The molecule has 21 heavy (non-hydrogen) atoms. The summed E-state index contributed by atoms with van der Waals surface area (Å²) >= 11 is 1.77. The van der Waals surface area contributed by atoms with Gasteiger partial charge in [-0.3, -0.25) is 0 Å². The molecule has 110 valence electrons. The van der Waals surface area contributed by atoms with Crippen molar-refractivity contribution in [2.75, 3.05) is 0 Å². The van der Waals surface area contributed by atoms with Gasteiger partial charge in [0.1, 0.15) is 5.03 Å². The van der Waals surface area contributed by atoms with Gasteiger partial charge in [0, 0.05) is 17.1 Å². The van der Waals surface area contributed by atoms with Gasteiger partial charge in [-0.05, 0) is 67.0 Å². The number of aryl methyl sites for hydroxylation is 2. The van der Waals surface area contributed by atoms with Crippen LogP contribution in [-0.2, 0) is 19.3 Å². The lowest BCUT2D eigenvalue weighted by Crippen LogP contribution is -2.21. The van der Waals surface area contributed by atoms with Gasteiger partial charge in [0.05, 0.1) is 0 Å². The molecule has 1 aromatic carbocycles. The van der Waals surface area contributed by atoms with Crippen LogP contribution in [0.15, 0.2) is 46.5 Å². The van der Waals surface area contributed by atoms with Gasteiger partial charge < -0.3 is 5.73 Å². The Bertz CT molecular complexity index is 624. The lowest BCUT2D eigenvalue weighted by Gasteiger charge is -2.12. The van der Waals surface area contributed by atoms with E-state index in [2.05, 4.69) is 36.2 Å². The predicted molar refractivity (Wildman–Crippen MR) is 88.8 cm³/mol. The molecular formula is C18H22N2S. The number of aromatic nitrogens is 1. The van der Waals surface area contributed by atoms with Gasteiger partial charge in [-0.2, -0.15) is 0 Å². The Balaban J connectivity index is 1.81. The van der Waals surface area contributed by atoms with Gasteiger partial charge in [-0.15, -0.1) is 0 Å². The molecule has 0 spiro atoms. The summed E-state index contributed by atoms with van der Waals surface area (Å²) in [7, 11) is 0. The Hall–Kier alpha value is -1.32. The molecule has 0 saturated heterocycles. The van der Waals surface area contributed by atoms with Crippen molar-refractivity contribution in [1.29, 1.82) is 0 Å². The van der Waals surface area contributed by atoms with Crippen molar-refractivity contribution in [3.63, 3.8) is 0 Å². The molecule has 1 aliphatic carbocycles. The molecule has 3 rings (SSSR count). The molecule has 0 saturated carbocycles. The highest BCUT2D eigenvalue weighted by atomic mass is 32.2. The monoisotopic (exact) mass is 298 g/mol. The Labute approximate surface area is 131 Å². The second-order valence-electron chi connectivity index (χ2n) is 5.73. The van der Waals surface area contributed by atoms with E-state index in [0.717, 1.165) is 17.9 Å². The fourth-order valence-electron chi connectivity index (χ4n) is 2.82. The minimum absolute atomic E-state index is 0.216. The Morgan fingerprint density at radius 1 is 1.24 bits per heavy atom. The van der Waals surface area contributed by atoms with Crippen LogP contribution in [0, 0.1) is 0 Å². The van der Waals surface area contributed by atoms with Crippen molar-refractivity contribution in [3.8, 4) is 0 Å². The molecule has 2 N–H and O–H groups in total. The van der Waals surface area contributed by atoms with Crippen LogP contribution in [0.5, 0.6) is 0 Å². The number of hydrogen-bond acceptors (Lipinski definition) is 3. The third-order valence-electron chi connectivity index (χ3n) is 4.14. The quantitative estimate of drug-likeness (QED) is 0.906. The lowest BCUT2D eigenvalue weighted by atomic mass is 10.1. The van der Waals surface area contributed by atoms with Crippen LogP contribution in [0.3, 0.4) is 0 Å². The number of rotatable bonds is 5. The maximum Gasteiger partial charge on any atom is 0.104 e. The summed E-state index contributed by atoms with van der Waals surface area (Å²) in [5, 5.41) is 1.10. The van der Waals surface area contributed by atoms with E-state index in [0.29, 0.717) is 0 Å². The first-order valence-corrected chi connectivity index (χ1v) is 8.57. The molecule has 1 unspecified atom stereocenters. The smallest absolute Gasteiger partial charge is 0.104 e. The molecule has 1 aromatic heterocycles. The largest absolute Gasteiger partial charge is 0.327 e.